The molecule has 0 radical (unpaired) electrons. The number of nitrogens with one attached hydrogen (secondary N) is 2. The highest BCUT2D eigenvalue weighted by Crippen LogP contribution is 2.36. The largest absolute Gasteiger partial charge is 0.495 e. The first-order chi connectivity index (χ1) is 18.4. The molecule has 2 N–H and O–H groups in total. The summed E-state index contributed by atoms with van der Waals surface area (Å²) in [6, 6.07) is 12.7. The van der Waals surface area contributed by atoms with Crippen molar-refractivity contribution in [2.45, 2.75) is 37.8 Å². The summed E-state index contributed by atoms with van der Waals surface area (Å²) in [7, 11) is 5.49. The van der Waals surface area contributed by atoms with Gasteiger partial charge in [-0.2, -0.15) is 5.26 Å². The van der Waals surface area contributed by atoms with E-state index in [0.717, 1.165) is 66.6 Å². The van der Waals surface area contributed by atoms with Gasteiger partial charge in [-0.25, -0.2) is 4.98 Å². The number of likely N-dealkylation sites (N-methyl/N-ethyl adjacent to an activating group) is 1. The van der Waals surface area contributed by atoms with Gasteiger partial charge >= 0.3 is 0 Å². The van der Waals surface area contributed by atoms with Crippen LogP contribution >= 0.6 is 11.3 Å². The third-order valence-corrected chi connectivity index (χ3v) is 7.98. The summed E-state index contributed by atoms with van der Waals surface area (Å²) in [5, 5.41) is 19.9. The monoisotopic (exact) mass is 533 g/mol. The number of nitrogens with zero attached hydrogens (tertiary/aromatic N) is 3. The molecule has 1 aliphatic rings. The van der Waals surface area contributed by atoms with Gasteiger partial charge in [0, 0.05) is 54.2 Å². The third kappa shape index (κ3) is 6.51. The summed E-state index contributed by atoms with van der Waals surface area (Å²) in [4.78, 5) is 20.0. The third-order valence-electron chi connectivity index (χ3n) is 7.14. The van der Waals surface area contributed by atoms with E-state index in [1.807, 2.05) is 35.7 Å². The molecule has 1 aliphatic carbocycles. The number of methoxy groups -OCH3 is 2. The Morgan fingerprint density at radius 2 is 2.00 bits per heavy atom. The van der Waals surface area contributed by atoms with Crippen molar-refractivity contribution in [2.24, 2.45) is 0 Å². The first-order valence-corrected chi connectivity index (χ1v) is 13.7. The molecule has 1 saturated carbocycles. The Kier molecular flexibility index (Phi) is 9.34. The molecule has 2 aromatic carbocycles. The Balaban J connectivity index is 1.45. The molecule has 0 bridgehead atoms. The lowest BCUT2D eigenvalue weighted by Crippen LogP contribution is -2.43. The minimum absolute atomic E-state index is 0.114. The van der Waals surface area contributed by atoms with Crippen molar-refractivity contribution < 1.29 is 14.3 Å². The number of amides is 1. The number of rotatable bonds is 11. The van der Waals surface area contributed by atoms with Crippen molar-refractivity contribution in [1.82, 2.24) is 15.2 Å². The van der Waals surface area contributed by atoms with Gasteiger partial charge in [-0.1, -0.05) is 24.8 Å². The van der Waals surface area contributed by atoms with E-state index in [1.165, 1.54) is 11.3 Å². The van der Waals surface area contributed by atoms with E-state index in [1.54, 1.807) is 14.2 Å². The molecule has 8 nitrogen and oxygen atoms in total. The van der Waals surface area contributed by atoms with Crippen molar-refractivity contribution in [3.63, 3.8) is 0 Å². The highest BCUT2D eigenvalue weighted by Gasteiger charge is 2.26. The number of thiazole rings is 1. The van der Waals surface area contributed by atoms with Gasteiger partial charge in [0.25, 0.3) is 5.91 Å². The van der Waals surface area contributed by atoms with Crippen molar-refractivity contribution in [1.29, 1.82) is 5.26 Å². The van der Waals surface area contributed by atoms with Crippen LogP contribution in [0.25, 0.3) is 22.0 Å². The molecule has 3 aromatic rings. The van der Waals surface area contributed by atoms with E-state index in [2.05, 4.69) is 40.2 Å². The Labute approximate surface area is 228 Å². The normalized spacial score (nSPS) is 17.2. The van der Waals surface area contributed by atoms with Crippen LogP contribution in [0.4, 0.5) is 5.69 Å². The molecule has 0 unspecified atom stereocenters. The summed E-state index contributed by atoms with van der Waals surface area (Å²) in [6.45, 7) is 5.74. The zero-order chi connectivity index (χ0) is 27.1. The number of carbonyl (C=O) groups is 1. The van der Waals surface area contributed by atoms with Crippen LogP contribution < -0.4 is 15.4 Å². The molecule has 0 atom stereocenters. The number of nitriles is 1. The van der Waals surface area contributed by atoms with E-state index in [9.17, 15) is 4.79 Å². The molecule has 200 valence electrons. The van der Waals surface area contributed by atoms with Gasteiger partial charge in [-0.15, -0.1) is 11.3 Å². The predicted octanol–water partition coefficient (Wildman–Crippen LogP) is 5.08. The average molecular weight is 534 g/mol. The molecule has 1 heterocycles. The lowest BCUT2D eigenvalue weighted by molar-refractivity contribution is 0.0896. The molecule has 0 aliphatic heterocycles. The highest BCUT2D eigenvalue weighted by molar-refractivity contribution is 7.12. The number of carbonyl (C=O) groups excluding carboxylic acids is 1. The van der Waals surface area contributed by atoms with Crippen molar-refractivity contribution in [2.75, 3.05) is 46.3 Å². The fourth-order valence-corrected chi connectivity index (χ4v) is 5.61. The number of hydrogen-bond donors (Lipinski definition) is 2. The molecule has 38 heavy (non-hydrogen) atoms. The van der Waals surface area contributed by atoms with Crippen LogP contribution in [0.1, 0.15) is 35.5 Å². The summed E-state index contributed by atoms with van der Waals surface area (Å²) in [6.07, 6.45) is 4.05. The topological polar surface area (TPSA) is 99.5 Å². The van der Waals surface area contributed by atoms with Crippen LogP contribution in [0.5, 0.6) is 5.75 Å². The first-order valence-electron chi connectivity index (χ1n) is 12.8. The molecular formula is C29H35N5O3S. The van der Waals surface area contributed by atoms with Gasteiger partial charge < -0.3 is 25.0 Å². The maximum Gasteiger partial charge on any atom is 0.280 e. The van der Waals surface area contributed by atoms with Crippen LogP contribution in [-0.2, 0) is 4.74 Å². The highest BCUT2D eigenvalue weighted by atomic mass is 32.1. The summed E-state index contributed by atoms with van der Waals surface area (Å²) >= 11 is 1.36. The maximum absolute atomic E-state index is 13.0. The lowest BCUT2D eigenvalue weighted by Gasteiger charge is -2.34. The SMILES string of the molecule is C=C(C#N)CNc1c(OC)ccc2ccc(-c3csc(C(=O)N[C@H]4CC[C@@H](N(C)CCOC)CC4)n3)cc12. The smallest absolute Gasteiger partial charge is 0.280 e. The Bertz CT molecular complexity index is 1320. The molecule has 9 heteroatoms. The fourth-order valence-electron chi connectivity index (χ4n) is 4.88. The Morgan fingerprint density at radius 1 is 1.24 bits per heavy atom. The van der Waals surface area contributed by atoms with Gasteiger partial charge in [0.15, 0.2) is 5.01 Å². The second-order valence-electron chi connectivity index (χ2n) is 9.64. The van der Waals surface area contributed by atoms with Gasteiger partial charge in [0.05, 0.1) is 31.2 Å². The molecule has 0 saturated heterocycles. The van der Waals surface area contributed by atoms with Crippen molar-refractivity contribution >= 4 is 33.7 Å². The lowest BCUT2D eigenvalue weighted by atomic mass is 9.90. The maximum atomic E-state index is 13.0. The Hall–Kier alpha value is -3.45. The minimum atomic E-state index is -0.114. The van der Waals surface area contributed by atoms with E-state index in [0.29, 0.717) is 28.9 Å². The number of benzene rings is 2. The zero-order valence-electron chi connectivity index (χ0n) is 22.3. The second kappa shape index (κ2) is 12.9. The number of aromatic nitrogens is 1. The molecule has 4 rings (SSSR count). The van der Waals surface area contributed by atoms with Crippen LogP contribution in [0.3, 0.4) is 0 Å². The molecule has 1 fully saturated rings. The number of ether oxygens (including phenoxy) is 2. The molecule has 1 aromatic heterocycles. The van der Waals surface area contributed by atoms with E-state index < -0.39 is 0 Å². The van der Waals surface area contributed by atoms with E-state index in [4.69, 9.17) is 14.7 Å². The van der Waals surface area contributed by atoms with Crippen LogP contribution in [0.15, 0.2) is 47.9 Å². The Morgan fingerprint density at radius 3 is 2.71 bits per heavy atom. The van der Waals surface area contributed by atoms with Gasteiger partial charge in [-0.05, 0) is 50.2 Å². The van der Waals surface area contributed by atoms with E-state index >= 15 is 0 Å². The second-order valence-corrected chi connectivity index (χ2v) is 10.5. The van der Waals surface area contributed by atoms with Crippen LogP contribution in [-0.4, -0.2) is 68.8 Å². The first kappa shape index (κ1) is 27.6. The number of anilines is 1. The van der Waals surface area contributed by atoms with E-state index in [-0.39, 0.29) is 11.9 Å². The number of fused-ring (bicyclic) bond motifs is 1. The van der Waals surface area contributed by atoms with Gasteiger partial charge in [-0.3, -0.25) is 4.79 Å². The number of hydrogen-bond acceptors (Lipinski definition) is 8. The quantitative estimate of drug-likeness (QED) is 0.332. The van der Waals surface area contributed by atoms with Gasteiger partial charge in [0.2, 0.25) is 0 Å². The van der Waals surface area contributed by atoms with Gasteiger partial charge in [0.1, 0.15) is 5.75 Å². The van der Waals surface area contributed by atoms with Crippen LogP contribution in [0, 0.1) is 11.3 Å². The molecule has 1 amide bonds. The van der Waals surface area contributed by atoms with Crippen LogP contribution in [0.2, 0.25) is 0 Å². The zero-order valence-corrected chi connectivity index (χ0v) is 23.1. The summed E-state index contributed by atoms with van der Waals surface area (Å²) < 4.78 is 10.8. The average Bonchev–Trinajstić information content (AvgIpc) is 3.45. The van der Waals surface area contributed by atoms with Crippen molar-refractivity contribution in [3.8, 4) is 23.1 Å². The fraction of sp³-hybridized carbons (Fsp3) is 0.414. The predicted molar refractivity (Wildman–Crippen MR) is 153 cm³/mol. The molecule has 0 spiro atoms. The minimum Gasteiger partial charge on any atom is -0.495 e. The van der Waals surface area contributed by atoms with Crippen molar-refractivity contribution in [3.05, 3.63) is 52.9 Å². The summed E-state index contributed by atoms with van der Waals surface area (Å²) in [5.74, 6) is 0.565. The summed E-state index contributed by atoms with van der Waals surface area (Å²) in [5.41, 5.74) is 2.88. The standard InChI is InChI=1S/C29H35N5O3S/c1-19(16-30)17-31-27-24-15-21(6-5-20(24)7-12-26(27)37-4)25-18-38-29(33-25)28(35)32-22-8-10-23(11-9-22)34(2)13-14-36-3/h5-7,12,15,18,22-23,31H,1,8-11,13-14,17H2,2-4H3,(H,32,35)/t22-,23+. The molecular weight excluding hydrogens is 498 g/mol.